The smallest absolute Gasteiger partial charge is 0.120 e. The van der Waals surface area contributed by atoms with Crippen molar-refractivity contribution in [2.45, 2.75) is 26.4 Å². The van der Waals surface area contributed by atoms with Crippen LogP contribution in [0.25, 0.3) is 0 Å². The van der Waals surface area contributed by atoms with Gasteiger partial charge in [-0.15, -0.1) is 0 Å². The quantitative estimate of drug-likeness (QED) is 0.856. The van der Waals surface area contributed by atoms with Crippen molar-refractivity contribution < 1.29 is 9.84 Å². The first-order valence-corrected chi connectivity index (χ1v) is 5.49. The van der Waals surface area contributed by atoms with E-state index in [1.54, 1.807) is 13.2 Å². The second-order valence-electron chi connectivity index (χ2n) is 3.72. The molecule has 0 aliphatic rings. The molecule has 0 aliphatic carbocycles. The number of aliphatic hydroxyl groups excluding tert-OH is 1. The second kappa shape index (κ2) is 5.38. The first-order chi connectivity index (χ1) is 7.10. The summed E-state index contributed by atoms with van der Waals surface area (Å²) in [6.45, 7) is 4.05. The lowest BCUT2D eigenvalue weighted by Gasteiger charge is -2.19. The molecule has 1 aromatic rings. The maximum Gasteiger partial charge on any atom is 0.120 e. The topological polar surface area (TPSA) is 29.5 Å². The van der Waals surface area contributed by atoms with Crippen molar-refractivity contribution in [3.05, 3.63) is 28.8 Å². The van der Waals surface area contributed by atoms with Gasteiger partial charge in [-0.1, -0.05) is 37.9 Å². The number of benzene rings is 1. The number of aliphatic hydroxyl groups is 1. The number of rotatable bonds is 4. The first kappa shape index (κ1) is 12.3. The van der Waals surface area contributed by atoms with Crippen LogP contribution in [0, 0.1) is 5.92 Å². The van der Waals surface area contributed by atoms with E-state index < -0.39 is 6.10 Å². The largest absolute Gasteiger partial charge is 0.497 e. The van der Waals surface area contributed by atoms with Crippen LogP contribution in [0.1, 0.15) is 31.9 Å². The van der Waals surface area contributed by atoms with Gasteiger partial charge in [-0.3, -0.25) is 0 Å². The summed E-state index contributed by atoms with van der Waals surface area (Å²) in [6, 6.07) is 5.35. The summed E-state index contributed by atoms with van der Waals surface area (Å²) in [5, 5.41) is 10.6. The number of ether oxygens (including phenoxy) is 1. The summed E-state index contributed by atoms with van der Waals surface area (Å²) in [5.41, 5.74) is 0.770. The Bertz CT molecular complexity index is 325. The predicted molar refractivity (Wildman–Crippen MR) is 62.4 cm³/mol. The van der Waals surface area contributed by atoms with Gasteiger partial charge >= 0.3 is 0 Å². The zero-order valence-electron chi connectivity index (χ0n) is 9.33. The normalized spacial score (nSPS) is 14.7. The minimum atomic E-state index is -0.506. The van der Waals surface area contributed by atoms with Gasteiger partial charge in [0.2, 0.25) is 0 Å². The fraction of sp³-hybridized carbons (Fsp3) is 0.500. The molecule has 0 heterocycles. The minimum Gasteiger partial charge on any atom is -0.497 e. The van der Waals surface area contributed by atoms with Crippen molar-refractivity contribution in [1.82, 2.24) is 0 Å². The molecule has 0 aliphatic heterocycles. The molecule has 0 fully saturated rings. The van der Waals surface area contributed by atoms with Crippen molar-refractivity contribution in [1.29, 1.82) is 0 Å². The molecule has 0 saturated carbocycles. The maximum absolute atomic E-state index is 10.0. The van der Waals surface area contributed by atoms with Gasteiger partial charge in [0.15, 0.2) is 0 Å². The highest BCUT2D eigenvalue weighted by Gasteiger charge is 2.17. The molecule has 0 spiro atoms. The van der Waals surface area contributed by atoms with Crippen LogP contribution >= 0.6 is 11.6 Å². The van der Waals surface area contributed by atoms with Crippen molar-refractivity contribution in [3.63, 3.8) is 0 Å². The van der Waals surface area contributed by atoms with E-state index in [1.807, 2.05) is 26.0 Å². The van der Waals surface area contributed by atoms with Crippen LogP contribution in [0.2, 0.25) is 5.02 Å². The molecule has 2 unspecified atom stereocenters. The van der Waals surface area contributed by atoms with E-state index in [0.29, 0.717) is 10.8 Å². The molecule has 1 aromatic carbocycles. The molecule has 1 rings (SSSR count). The van der Waals surface area contributed by atoms with Crippen molar-refractivity contribution in [3.8, 4) is 5.75 Å². The minimum absolute atomic E-state index is 0.205. The van der Waals surface area contributed by atoms with E-state index in [0.717, 1.165) is 12.0 Å². The summed E-state index contributed by atoms with van der Waals surface area (Å²) in [4.78, 5) is 0. The van der Waals surface area contributed by atoms with E-state index in [2.05, 4.69) is 0 Å². The van der Waals surface area contributed by atoms with Gasteiger partial charge in [-0.05, 0) is 23.6 Å². The van der Waals surface area contributed by atoms with Crippen LogP contribution in [0.3, 0.4) is 0 Å². The van der Waals surface area contributed by atoms with Gasteiger partial charge in [0.05, 0.1) is 18.2 Å². The number of methoxy groups -OCH3 is 1. The highest BCUT2D eigenvalue weighted by molar-refractivity contribution is 6.31. The van der Waals surface area contributed by atoms with Gasteiger partial charge < -0.3 is 9.84 Å². The average Bonchev–Trinajstić information content (AvgIpc) is 2.26. The van der Waals surface area contributed by atoms with E-state index in [9.17, 15) is 5.11 Å². The molecular formula is C12H17ClO2. The summed E-state index contributed by atoms with van der Waals surface area (Å²) in [5.74, 6) is 0.913. The van der Waals surface area contributed by atoms with E-state index in [-0.39, 0.29) is 5.92 Å². The van der Waals surface area contributed by atoms with Crippen molar-refractivity contribution in [2.75, 3.05) is 7.11 Å². The lowest BCUT2D eigenvalue weighted by molar-refractivity contribution is 0.115. The second-order valence-corrected chi connectivity index (χ2v) is 4.13. The Kier molecular flexibility index (Phi) is 4.43. The van der Waals surface area contributed by atoms with Crippen LogP contribution in [-0.2, 0) is 0 Å². The number of hydrogen-bond donors (Lipinski definition) is 1. The molecule has 2 atom stereocenters. The third-order valence-corrected chi connectivity index (χ3v) is 3.04. The van der Waals surface area contributed by atoms with Crippen LogP contribution in [0.5, 0.6) is 5.75 Å². The van der Waals surface area contributed by atoms with Crippen LogP contribution in [-0.4, -0.2) is 12.2 Å². The molecule has 0 amide bonds. The van der Waals surface area contributed by atoms with Gasteiger partial charge in [0.1, 0.15) is 5.75 Å². The Labute approximate surface area is 95.8 Å². The fourth-order valence-corrected chi connectivity index (χ4v) is 1.69. The molecule has 15 heavy (non-hydrogen) atoms. The molecule has 1 N–H and O–H groups in total. The van der Waals surface area contributed by atoms with Gasteiger partial charge in [-0.25, -0.2) is 0 Å². The first-order valence-electron chi connectivity index (χ1n) is 5.11. The van der Waals surface area contributed by atoms with Crippen molar-refractivity contribution in [2.24, 2.45) is 5.92 Å². The molecule has 84 valence electrons. The molecule has 3 heteroatoms. The molecular weight excluding hydrogens is 212 g/mol. The van der Waals surface area contributed by atoms with Gasteiger partial charge in [0, 0.05) is 0 Å². The molecule has 0 bridgehead atoms. The third-order valence-electron chi connectivity index (χ3n) is 2.71. The summed E-state index contributed by atoms with van der Waals surface area (Å²) in [6.07, 6.45) is 0.414. The maximum atomic E-state index is 10.0. The van der Waals surface area contributed by atoms with Gasteiger partial charge in [-0.2, -0.15) is 0 Å². The van der Waals surface area contributed by atoms with Crippen LogP contribution < -0.4 is 4.74 Å². The Balaban J connectivity index is 2.95. The lowest BCUT2D eigenvalue weighted by atomic mass is 9.95. The molecule has 0 saturated heterocycles. The Hall–Kier alpha value is -0.730. The molecule has 2 nitrogen and oxygen atoms in total. The van der Waals surface area contributed by atoms with E-state index in [1.165, 1.54) is 0 Å². The lowest BCUT2D eigenvalue weighted by Crippen LogP contribution is -2.08. The third kappa shape index (κ3) is 2.86. The zero-order valence-corrected chi connectivity index (χ0v) is 10.1. The highest BCUT2D eigenvalue weighted by Crippen LogP contribution is 2.32. The highest BCUT2D eigenvalue weighted by atomic mass is 35.5. The van der Waals surface area contributed by atoms with Crippen LogP contribution in [0.15, 0.2) is 18.2 Å². The fourth-order valence-electron chi connectivity index (χ4n) is 1.40. The zero-order chi connectivity index (χ0) is 11.4. The van der Waals surface area contributed by atoms with E-state index >= 15 is 0 Å². The molecule has 0 radical (unpaired) electrons. The number of hydrogen-bond acceptors (Lipinski definition) is 2. The SMILES string of the molecule is CCC(C)C(O)c1ccc(OC)cc1Cl. The Morgan fingerprint density at radius 1 is 1.47 bits per heavy atom. The summed E-state index contributed by atoms with van der Waals surface area (Å²) >= 11 is 6.06. The monoisotopic (exact) mass is 228 g/mol. The molecule has 0 aromatic heterocycles. The van der Waals surface area contributed by atoms with Crippen LogP contribution in [0.4, 0.5) is 0 Å². The summed E-state index contributed by atoms with van der Waals surface area (Å²) in [7, 11) is 1.59. The number of halogens is 1. The average molecular weight is 229 g/mol. The van der Waals surface area contributed by atoms with Crippen molar-refractivity contribution >= 4 is 11.6 Å². The van der Waals surface area contributed by atoms with Gasteiger partial charge in [0.25, 0.3) is 0 Å². The van der Waals surface area contributed by atoms with E-state index in [4.69, 9.17) is 16.3 Å². The summed E-state index contributed by atoms with van der Waals surface area (Å²) < 4.78 is 5.05. The Morgan fingerprint density at radius 3 is 2.60 bits per heavy atom. The Morgan fingerprint density at radius 2 is 2.13 bits per heavy atom. The standard InChI is InChI=1S/C12H17ClO2/c1-4-8(2)12(14)10-6-5-9(15-3)7-11(10)13/h5-8,12,14H,4H2,1-3H3. The predicted octanol–water partition coefficient (Wildman–Crippen LogP) is 3.43.